The minimum absolute atomic E-state index is 0.190. The molecule has 0 aliphatic carbocycles. The number of hydrogen-bond acceptors (Lipinski definition) is 3. The fourth-order valence-electron chi connectivity index (χ4n) is 1.58. The van der Waals surface area contributed by atoms with Crippen LogP contribution in [0.5, 0.6) is 0 Å². The molecule has 5 nitrogen and oxygen atoms in total. The molecule has 6 heteroatoms. The summed E-state index contributed by atoms with van der Waals surface area (Å²) in [6.45, 7) is 0.539. The molecule has 1 N–H and O–H groups in total. The number of carbonyl (C=O) groups excluding carboxylic acids is 1. The number of aromatic nitrogens is 3. The molecule has 2 heterocycles. The standard InChI is InChI=1S/C12H13ClN4O/c1-17-8-15-6-9(17)2-5-16-12(18)10-3-4-14-7-11(10)13/h3-4,6-8H,2,5H2,1H3,(H,16,18). The second-order valence-corrected chi connectivity index (χ2v) is 4.26. The van der Waals surface area contributed by atoms with Crippen LogP contribution >= 0.6 is 11.6 Å². The number of halogens is 1. The Morgan fingerprint density at radius 3 is 2.94 bits per heavy atom. The first-order valence-electron chi connectivity index (χ1n) is 5.51. The first kappa shape index (κ1) is 12.6. The zero-order valence-corrected chi connectivity index (χ0v) is 10.7. The van der Waals surface area contributed by atoms with Crippen LogP contribution in [0.4, 0.5) is 0 Å². The molecule has 0 atom stereocenters. The number of rotatable bonds is 4. The van der Waals surface area contributed by atoms with Crippen molar-refractivity contribution < 1.29 is 4.79 Å². The van der Waals surface area contributed by atoms with Crippen LogP contribution in [0.3, 0.4) is 0 Å². The number of hydrogen-bond donors (Lipinski definition) is 1. The van der Waals surface area contributed by atoms with E-state index in [0.29, 0.717) is 17.1 Å². The van der Waals surface area contributed by atoms with Crippen LogP contribution in [0.1, 0.15) is 16.1 Å². The number of amides is 1. The van der Waals surface area contributed by atoms with Crippen molar-refractivity contribution in [2.75, 3.05) is 6.54 Å². The zero-order chi connectivity index (χ0) is 13.0. The minimum Gasteiger partial charge on any atom is -0.352 e. The van der Waals surface area contributed by atoms with Gasteiger partial charge in [-0.15, -0.1) is 0 Å². The molecule has 2 rings (SSSR count). The van der Waals surface area contributed by atoms with Crippen molar-refractivity contribution in [2.24, 2.45) is 7.05 Å². The number of aryl methyl sites for hydroxylation is 1. The van der Waals surface area contributed by atoms with Gasteiger partial charge in [-0.2, -0.15) is 0 Å². The van der Waals surface area contributed by atoms with E-state index >= 15 is 0 Å². The van der Waals surface area contributed by atoms with E-state index in [1.807, 2.05) is 11.6 Å². The molecule has 0 saturated heterocycles. The van der Waals surface area contributed by atoms with Gasteiger partial charge in [0, 0.05) is 44.3 Å². The highest BCUT2D eigenvalue weighted by Gasteiger charge is 2.09. The van der Waals surface area contributed by atoms with Crippen LogP contribution in [-0.2, 0) is 13.5 Å². The first-order valence-corrected chi connectivity index (χ1v) is 5.89. The molecule has 0 spiro atoms. The van der Waals surface area contributed by atoms with E-state index in [-0.39, 0.29) is 5.91 Å². The number of nitrogens with one attached hydrogen (secondary N) is 1. The molecule has 0 aliphatic heterocycles. The lowest BCUT2D eigenvalue weighted by atomic mass is 10.2. The molecule has 2 aromatic heterocycles. The maximum Gasteiger partial charge on any atom is 0.252 e. The van der Waals surface area contributed by atoms with E-state index in [1.165, 1.54) is 6.20 Å². The average Bonchev–Trinajstić information content (AvgIpc) is 2.75. The Kier molecular flexibility index (Phi) is 3.94. The average molecular weight is 265 g/mol. The first-order chi connectivity index (χ1) is 8.68. The Morgan fingerprint density at radius 1 is 1.44 bits per heavy atom. The highest BCUT2D eigenvalue weighted by molar-refractivity contribution is 6.33. The Balaban J connectivity index is 1.90. The normalized spacial score (nSPS) is 10.3. The summed E-state index contributed by atoms with van der Waals surface area (Å²) in [4.78, 5) is 19.7. The number of nitrogens with zero attached hydrogens (tertiary/aromatic N) is 3. The Bertz CT molecular complexity index is 553. The van der Waals surface area contributed by atoms with Gasteiger partial charge >= 0.3 is 0 Å². The van der Waals surface area contributed by atoms with Crippen LogP contribution in [0.15, 0.2) is 31.0 Å². The van der Waals surface area contributed by atoms with Crippen LogP contribution in [0, 0.1) is 0 Å². The monoisotopic (exact) mass is 264 g/mol. The second kappa shape index (κ2) is 5.64. The highest BCUT2D eigenvalue weighted by atomic mass is 35.5. The summed E-state index contributed by atoms with van der Waals surface area (Å²) in [5.74, 6) is -0.190. The third-order valence-electron chi connectivity index (χ3n) is 2.60. The van der Waals surface area contributed by atoms with E-state index in [0.717, 1.165) is 12.1 Å². The van der Waals surface area contributed by atoms with Crippen LogP contribution < -0.4 is 5.32 Å². The van der Waals surface area contributed by atoms with Crippen molar-refractivity contribution in [1.29, 1.82) is 0 Å². The Morgan fingerprint density at radius 2 is 2.28 bits per heavy atom. The minimum atomic E-state index is -0.190. The molecule has 0 unspecified atom stereocenters. The Hall–Kier alpha value is -1.88. The predicted molar refractivity (Wildman–Crippen MR) is 68.5 cm³/mol. The van der Waals surface area contributed by atoms with Crippen LogP contribution in [0.2, 0.25) is 5.02 Å². The van der Waals surface area contributed by atoms with Gasteiger partial charge in [-0.3, -0.25) is 9.78 Å². The molecule has 1 amide bonds. The summed E-state index contributed by atoms with van der Waals surface area (Å²) >= 11 is 5.89. The molecule has 0 aliphatic rings. The number of carbonyl (C=O) groups is 1. The maximum atomic E-state index is 11.8. The van der Waals surface area contributed by atoms with Gasteiger partial charge in [0.15, 0.2) is 0 Å². The van der Waals surface area contributed by atoms with Gasteiger partial charge in [0.1, 0.15) is 0 Å². The molecule has 0 radical (unpaired) electrons. The van der Waals surface area contributed by atoms with Crippen molar-refractivity contribution in [2.45, 2.75) is 6.42 Å². The van der Waals surface area contributed by atoms with Gasteiger partial charge in [0.25, 0.3) is 5.91 Å². The van der Waals surface area contributed by atoms with Crippen LogP contribution in [-0.4, -0.2) is 27.0 Å². The van der Waals surface area contributed by atoms with Gasteiger partial charge in [-0.05, 0) is 6.07 Å². The summed E-state index contributed by atoms with van der Waals surface area (Å²) in [5.41, 5.74) is 1.51. The summed E-state index contributed by atoms with van der Waals surface area (Å²) in [7, 11) is 1.92. The van der Waals surface area contributed by atoms with Gasteiger partial charge in [-0.1, -0.05) is 11.6 Å². The Labute approximate surface area is 110 Å². The zero-order valence-electron chi connectivity index (χ0n) is 9.93. The summed E-state index contributed by atoms with van der Waals surface area (Å²) in [5, 5.41) is 3.17. The molecular formula is C12H13ClN4O. The molecule has 0 aromatic carbocycles. The molecule has 0 bridgehead atoms. The van der Waals surface area contributed by atoms with E-state index in [9.17, 15) is 4.79 Å². The number of pyridine rings is 1. The topological polar surface area (TPSA) is 59.8 Å². The fourth-order valence-corrected chi connectivity index (χ4v) is 1.79. The second-order valence-electron chi connectivity index (χ2n) is 3.86. The molecule has 0 fully saturated rings. The van der Waals surface area contributed by atoms with Crippen molar-refractivity contribution in [3.8, 4) is 0 Å². The third kappa shape index (κ3) is 2.87. The van der Waals surface area contributed by atoms with Gasteiger partial charge < -0.3 is 9.88 Å². The van der Waals surface area contributed by atoms with Crippen molar-refractivity contribution >= 4 is 17.5 Å². The van der Waals surface area contributed by atoms with E-state index in [4.69, 9.17) is 11.6 Å². The van der Waals surface area contributed by atoms with Gasteiger partial charge in [0.2, 0.25) is 0 Å². The van der Waals surface area contributed by atoms with Gasteiger partial charge in [-0.25, -0.2) is 4.98 Å². The van der Waals surface area contributed by atoms with Gasteiger partial charge in [0.05, 0.1) is 16.9 Å². The quantitative estimate of drug-likeness (QED) is 0.909. The summed E-state index contributed by atoms with van der Waals surface area (Å²) in [6.07, 6.45) is 7.24. The van der Waals surface area contributed by atoms with Crippen molar-refractivity contribution in [1.82, 2.24) is 19.9 Å². The molecule has 94 valence electrons. The molecule has 2 aromatic rings. The van der Waals surface area contributed by atoms with Crippen molar-refractivity contribution in [3.05, 3.63) is 47.3 Å². The molecular weight excluding hydrogens is 252 g/mol. The smallest absolute Gasteiger partial charge is 0.252 e. The SMILES string of the molecule is Cn1cncc1CCNC(=O)c1ccncc1Cl. The summed E-state index contributed by atoms with van der Waals surface area (Å²) in [6, 6.07) is 1.60. The molecule has 18 heavy (non-hydrogen) atoms. The van der Waals surface area contributed by atoms with E-state index in [1.54, 1.807) is 24.8 Å². The lowest BCUT2D eigenvalue weighted by Crippen LogP contribution is -2.26. The predicted octanol–water partition coefficient (Wildman–Crippen LogP) is 1.44. The third-order valence-corrected chi connectivity index (χ3v) is 2.90. The lowest BCUT2D eigenvalue weighted by Gasteiger charge is -2.06. The van der Waals surface area contributed by atoms with Crippen LogP contribution in [0.25, 0.3) is 0 Å². The van der Waals surface area contributed by atoms with E-state index in [2.05, 4.69) is 15.3 Å². The largest absolute Gasteiger partial charge is 0.352 e. The van der Waals surface area contributed by atoms with E-state index < -0.39 is 0 Å². The molecule has 0 saturated carbocycles. The highest BCUT2D eigenvalue weighted by Crippen LogP contribution is 2.12. The lowest BCUT2D eigenvalue weighted by molar-refractivity contribution is 0.0954. The summed E-state index contributed by atoms with van der Waals surface area (Å²) < 4.78 is 1.92. The van der Waals surface area contributed by atoms with Crippen molar-refractivity contribution in [3.63, 3.8) is 0 Å². The number of imidazole rings is 1. The maximum absolute atomic E-state index is 11.8. The fraction of sp³-hybridized carbons (Fsp3) is 0.250.